The van der Waals surface area contributed by atoms with Gasteiger partial charge in [-0.15, -0.1) is 0 Å². The third-order valence-electron chi connectivity index (χ3n) is 7.01. The molecule has 4 aromatic rings. The van der Waals surface area contributed by atoms with Gasteiger partial charge in [-0.3, -0.25) is 4.98 Å². The number of aromatic nitrogens is 2. The minimum absolute atomic E-state index is 0.121. The van der Waals surface area contributed by atoms with Crippen molar-refractivity contribution < 1.29 is 5.11 Å². The van der Waals surface area contributed by atoms with E-state index in [1.807, 2.05) is 23.1 Å². The molecular weight excluding hydrogens is 488 g/mol. The Bertz CT molecular complexity index is 1450. The summed E-state index contributed by atoms with van der Waals surface area (Å²) in [4.78, 5) is 6.63. The molecule has 5 nitrogen and oxygen atoms in total. The van der Waals surface area contributed by atoms with E-state index in [1.54, 1.807) is 24.4 Å². The fourth-order valence-electron chi connectivity index (χ4n) is 5.38. The number of para-hydroxylation sites is 1. The summed E-state index contributed by atoms with van der Waals surface area (Å²) in [5.74, 6) is 0.121. The molecule has 0 radical (unpaired) electrons. The minimum Gasteiger partial charge on any atom is -0.506 e. The van der Waals surface area contributed by atoms with Crippen molar-refractivity contribution in [2.24, 2.45) is 0 Å². The Morgan fingerprint density at radius 2 is 1.86 bits per heavy atom. The van der Waals surface area contributed by atoms with Crippen LogP contribution in [0.5, 0.6) is 5.75 Å². The van der Waals surface area contributed by atoms with E-state index < -0.39 is 0 Å². The van der Waals surface area contributed by atoms with E-state index in [0.717, 1.165) is 29.1 Å². The van der Waals surface area contributed by atoms with Crippen LogP contribution in [0.3, 0.4) is 0 Å². The molecular formula is C29H29ClN4OS. The number of hydrogen-bond acceptors (Lipinski definition) is 3. The van der Waals surface area contributed by atoms with Crippen LogP contribution in [0.2, 0.25) is 5.02 Å². The molecule has 2 unspecified atom stereocenters. The first-order chi connectivity index (χ1) is 17.3. The van der Waals surface area contributed by atoms with Gasteiger partial charge in [-0.25, -0.2) is 0 Å². The number of halogens is 1. The van der Waals surface area contributed by atoms with E-state index >= 15 is 0 Å². The fraction of sp³-hybridized carbons (Fsp3) is 0.241. The second-order valence-electron chi connectivity index (χ2n) is 9.23. The SMILES string of the molecule is CCc1cccc(C)c1-n1c(C)cc(C2C(c3ccccn3)NC(=S)N2c2cc(Cl)ccc2O)c1C. The lowest BCUT2D eigenvalue weighted by atomic mass is 9.96. The monoisotopic (exact) mass is 516 g/mol. The van der Waals surface area contributed by atoms with E-state index in [4.69, 9.17) is 23.8 Å². The smallest absolute Gasteiger partial charge is 0.174 e. The van der Waals surface area contributed by atoms with Gasteiger partial charge < -0.3 is 19.9 Å². The molecule has 1 aliphatic rings. The van der Waals surface area contributed by atoms with Crippen LogP contribution in [-0.4, -0.2) is 19.8 Å². The maximum absolute atomic E-state index is 10.8. The highest BCUT2D eigenvalue weighted by atomic mass is 35.5. The Morgan fingerprint density at radius 1 is 1.06 bits per heavy atom. The van der Waals surface area contributed by atoms with E-state index in [1.165, 1.54) is 16.8 Å². The summed E-state index contributed by atoms with van der Waals surface area (Å²) in [6, 6.07) is 19.2. The summed E-state index contributed by atoms with van der Waals surface area (Å²) < 4.78 is 2.34. The molecule has 2 aromatic carbocycles. The number of thiocarbonyl (C=S) groups is 1. The van der Waals surface area contributed by atoms with Crippen molar-refractivity contribution in [3.63, 3.8) is 0 Å². The Kier molecular flexibility index (Phi) is 6.49. The lowest BCUT2D eigenvalue weighted by Crippen LogP contribution is -2.29. The molecule has 184 valence electrons. The number of nitrogens with zero attached hydrogens (tertiary/aromatic N) is 3. The van der Waals surface area contributed by atoms with Crippen molar-refractivity contribution in [1.82, 2.24) is 14.9 Å². The van der Waals surface area contributed by atoms with Crippen LogP contribution in [0, 0.1) is 20.8 Å². The van der Waals surface area contributed by atoms with Crippen molar-refractivity contribution >= 4 is 34.6 Å². The van der Waals surface area contributed by atoms with Gasteiger partial charge in [0.1, 0.15) is 5.75 Å². The number of aryl methyl sites for hydroxylation is 3. The molecule has 0 aliphatic carbocycles. The highest BCUT2D eigenvalue weighted by Crippen LogP contribution is 2.46. The highest BCUT2D eigenvalue weighted by Gasteiger charge is 2.43. The van der Waals surface area contributed by atoms with Crippen molar-refractivity contribution in [2.75, 3.05) is 4.90 Å². The molecule has 1 aliphatic heterocycles. The largest absolute Gasteiger partial charge is 0.506 e. The summed E-state index contributed by atoms with van der Waals surface area (Å²) in [7, 11) is 0. The Morgan fingerprint density at radius 3 is 2.58 bits per heavy atom. The third-order valence-corrected chi connectivity index (χ3v) is 7.56. The number of phenols is 1. The zero-order valence-corrected chi connectivity index (χ0v) is 22.4. The van der Waals surface area contributed by atoms with Gasteiger partial charge in [0, 0.05) is 22.6 Å². The average molecular weight is 517 g/mol. The van der Waals surface area contributed by atoms with Crippen LogP contribution < -0.4 is 10.2 Å². The average Bonchev–Trinajstić information content (AvgIpc) is 3.36. The standard InChI is InChI=1S/C29H29ClN4OS/c1-5-20-10-8-9-17(2)27(20)33-18(3)15-22(19(33)4)28-26(23-11-6-7-14-31-23)32-29(36)34(28)24-16-21(30)12-13-25(24)35/h6-16,26,28,35H,5H2,1-4H3,(H,32,36). The van der Waals surface area contributed by atoms with E-state index in [9.17, 15) is 5.11 Å². The number of phenolic OH excluding ortho intramolecular Hbond substituents is 1. The molecule has 0 amide bonds. The maximum atomic E-state index is 10.8. The Hall–Kier alpha value is -3.35. The highest BCUT2D eigenvalue weighted by molar-refractivity contribution is 7.80. The number of aromatic hydroxyl groups is 1. The van der Waals surface area contributed by atoms with E-state index in [0.29, 0.717) is 15.8 Å². The number of pyridine rings is 1. The fourth-order valence-corrected chi connectivity index (χ4v) is 5.88. The van der Waals surface area contributed by atoms with Gasteiger partial charge in [-0.1, -0.05) is 42.8 Å². The topological polar surface area (TPSA) is 53.3 Å². The predicted molar refractivity (Wildman–Crippen MR) is 150 cm³/mol. The van der Waals surface area contributed by atoms with Gasteiger partial charge in [-0.05, 0) is 92.5 Å². The lowest BCUT2D eigenvalue weighted by Gasteiger charge is -2.29. The molecule has 36 heavy (non-hydrogen) atoms. The first kappa shape index (κ1) is 24.3. The zero-order valence-electron chi connectivity index (χ0n) is 20.8. The van der Waals surface area contributed by atoms with Crippen molar-refractivity contribution in [2.45, 2.75) is 46.2 Å². The predicted octanol–water partition coefficient (Wildman–Crippen LogP) is 6.90. The molecule has 5 rings (SSSR count). The molecule has 2 atom stereocenters. The minimum atomic E-state index is -0.245. The molecule has 1 saturated heterocycles. The summed E-state index contributed by atoms with van der Waals surface area (Å²) in [6.07, 6.45) is 2.73. The van der Waals surface area contributed by atoms with Gasteiger partial charge >= 0.3 is 0 Å². The van der Waals surface area contributed by atoms with Crippen molar-refractivity contribution in [3.05, 3.63) is 106 Å². The summed E-state index contributed by atoms with van der Waals surface area (Å²) in [5.41, 5.74) is 8.57. The first-order valence-corrected chi connectivity index (χ1v) is 12.9. The molecule has 0 spiro atoms. The zero-order chi connectivity index (χ0) is 25.6. The summed E-state index contributed by atoms with van der Waals surface area (Å²) in [6.45, 7) is 8.64. The van der Waals surface area contributed by atoms with E-state index in [-0.39, 0.29) is 17.8 Å². The normalized spacial score (nSPS) is 17.5. The molecule has 2 aromatic heterocycles. The van der Waals surface area contributed by atoms with Gasteiger partial charge in [0.2, 0.25) is 0 Å². The molecule has 7 heteroatoms. The van der Waals surface area contributed by atoms with Crippen LogP contribution in [0.4, 0.5) is 5.69 Å². The third kappa shape index (κ3) is 4.04. The second kappa shape index (κ2) is 9.60. The van der Waals surface area contributed by atoms with Gasteiger partial charge in [0.25, 0.3) is 0 Å². The van der Waals surface area contributed by atoms with Gasteiger partial charge in [0.15, 0.2) is 5.11 Å². The van der Waals surface area contributed by atoms with Crippen LogP contribution in [0.15, 0.2) is 66.9 Å². The number of anilines is 1. The van der Waals surface area contributed by atoms with Crippen molar-refractivity contribution in [3.8, 4) is 11.4 Å². The Balaban J connectivity index is 1.74. The second-order valence-corrected chi connectivity index (χ2v) is 10.1. The van der Waals surface area contributed by atoms with Crippen LogP contribution >= 0.6 is 23.8 Å². The number of nitrogens with one attached hydrogen (secondary N) is 1. The number of benzene rings is 2. The van der Waals surface area contributed by atoms with Gasteiger partial charge in [-0.2, -0.15) is 0 Å². The quantitative estimate of drug-likeness (QED) is 0.283. The maximum Gasteiger partial charge on any atom is 0.174 e. The van der Waals surface area contributed by atoms with Crippen LogP contribution in [-0.2, 0) is 6.42 Å². The van der Waals surface area contributed by atoms with E-state index in [2.05, 4.69) is 66.8 Å². The van der Waals surface area contributed by atoms with Gasteiger partial charge in [0.05, 0.1) is 29.2 Å². The summed E-state index contributed by atoms with van der Waals surface area (Å²) in [5, 5.41) is 15.4. The number of hydrogen-bond donors (Lipinski definition) is 2. The van der Waals surface area contributed by atoms with Crippen molar-refractivity contribution in [1.29, 1.82) is 0 Å². The van der Waals surface area contributed by atoms with Crippen LogP contribution in [0.1, 0.15) is 52.8 Å². The first-order valence-electron chi connectivity index (χ1n) is 12.1. The molecule has 0 bridgehead atoms. The molecule has 0 saturated carbocycles. The van der Waals surface area contributed by atoms with Crippen LogP contribution in [0.25, 0.3) is 5.69 Å². The molecule has 3 heterocycles. The molecule has 1 fully saturated rings. The Labute approximate surface area is 222 Å². The lowest BCUT2D eigenvalue weighted by molar-refractivity contribution is 0.472. The molecule has 2 N–H and O–H groups in total. The summed E-state index contributed by atoms with van der Waals surface area (Å²) >= 11 is 12.2. The number of rotatable bonds is 5.